The van der Waals surface area contributed by atoms with Crippen molar-refractivity contribution in [3.63, 3.8) is 0 Å². The van der Waals surface area contributed by atoms with E-state index >= 15 is 0 Å². The number of nitrogens with two attached hydrogens (primary N) is 1. The SMILES string of the molecule is CCCCC(CC)C(NN)c1cscc1Br. The topological polar surface area (TPSA) is 38.0 Å². The average Bonchev–Trinajstić information content (AvgIpc) is 2.71. The highest BCUT2D eigenvalue weighted by Gasteiger charge is 2.22. The van der Waals surface area contributed by atoms with Crippen LogP contribution in [0.3, 0.4) is 0 Å². The van der Waals surface area contributed by atoms with Crippen LogP contribution in [0.25, 0.3) is 0 Å². The molecule has 0 aliphatic rings. The Balaban J connectivity index is 2.75. The predicted molar refractivity (Wildman–Crippen MR) is 75.4 cm³/mol. The summed E-state index contributed by atoms with van der Waals surface area (Å²) in [5.74, 6) is 6.34. The third-order valence-corrected chi connectivity index (χ3v) is 4.83. The van der Waals surface area contributed by atoms with Crippen LogP contribution in [-0.4, -0.2) is 0 Å². The van der Waals surface area contributed by atoms with E-state index in [1.54, 1.807) is 11.3 Å². The summed E-state index contributed by atoms with van der Waals surface area (Å²) in [6.45, 7) is 4.48. The summed E-state index contributed by atoms with van der Waals surface area (Å²) >= 11 is 5.31. The number of thiophene rings is 1. The number of hydrogen-bond donors (Lipinski definition) is 2. The summed E-state index contributed by atoms with van der Waals surface area (Å²) in [6, 6.07) is 0.275. The smallest absolute Gasteiger partial charge is 0.0507 e. The maximum atomic E-state index is 5.71. The van der Waals surface area contributed by atoms with Gasteiger partial charge in [-0.25, -0.2) is 0 Å². The quantitative estimate of drug-likeness (QED) is 0.584. The van der Waals surface area contributed by atoms with Gasteiger partial charge in [0.25, 0.3) is 0 Å². The van der Waals surface area contributed by atoms with E-state index in [1.807, 2.05) is 0 Å². The van der Waals surface area contributed by atoms with Gasteiger partial charge < -0.3 is 0 Å². The minimum Gasteiger partial charge on any atom is -0.271 e. The summed E-state index contributed by atoms with van der Waals surface area (Å²) in [5, 5.41) is 4.30. The number of nitrogens with one attached hydrogen (secondary N) is 1. The van der Waals surface area contributed by atoms with E-state index in [0.717, 1.165) is 6.42 Å². The monoisotopic (exact) mass is 304 g/mol. The Morgan fingerprint density at radius 3 is 2.62 bits per heavy atom. The molecule has 0 aliphatic heterocycles. The molecule has 0 fully saturated rings. The van der Waals surface area contributed by atoms with Crippen molar-refractivity contribution in [2.24, 2.45) is 11.8 Å². The molecule has 92 valence electrons. The Morgan fingerprint density at radius 2 is 2.19 bits per heavy atom. The van der Waals surface area contributed by atoms with Gasteiger partial charge in [0, 0.05) is 9.85 Å². The van der Waals surface area contributed by atoms with Crippen LogP contribution in [0.2, 0.25) is 0 Å². The van der Waals surface area contributed by atoms with Crippen LogP contribution in [-0.2, 0) is 0 Å². The molecule has 0 radical (unpaired) electrons. The lowest BCUT2D eigenvalue weighted by molar-refractivity contribution is 0.326. The van der Waals surface area contributed by atoms with Gasteiger partial charge in [0.15, 0.2) is 0 Å². The molecule has 1 aromatic heterocycles. The zero-order chi connectivity index (χ0) is 12.0. The Morgan fingerprint density at radius 1 is 1.44 bits per heavy atom. The standard InChI is InChI=1S/C12H21BrN2S/c1-3-5-6-9(4-2)12(15-14)10-7-16-8-11(10)13/h7-9,12,15H,3-6,14H2,1-2H3. The van der Waals surface area contributed by atoms with E-state index in [2.05, 4.69) is 46.0 Å². The zero-order valence-electron chi connectivity index (χ0n) is 10.0. The van der Waals surface area contributed by atoms with Crippen molar-refractivity contribution in [2.75, 3.05) is 0 Å². The number of rotatable bonds is 7. The van der Waals surface area contributed by atoms with E-state index in [4.69, 9.17) is 5.84 Å². The van der Waals surface area contributed by atoms with Crippen LogP contribution >= 0.6 is 27.3 Å². The second-order valence-corrected chi connectivity index (χ2v) is 5.73. The Hall–Kier alpha value is 0.100. The van der Waals surface area contributed by atoms with Gasteiger partial charge in [-0.2, -0.15) is 11.3 Å². The van der Waals surface area contributed by atoms with Gasteiger partial charge in [-0.3, -0.25) is 11.3 Å². The minimum atomic E-state index is 0.275. The average molecular weight is 305 g/mol. The first-order valence-electron chi connectivity index (χ1n) is 5.92. The summed E-state index contributed by atoms with van der Waals surface area (Å²) in [5.41, 5.74) is 4.28. The second-order valence-electron chi connectivity index (χ2n) is 4.13. The fraction of sp³-hybridized carbons (Fsp3) is 0.667. The van der Waals surface area contributed by atoms with Gasteiger partial charge in [0.1, 0.15) is 0 Å². The molecule has 1 heterocycles. The highest BCUT2D eigenvalue weighted by Crippen LogP contribution is 2.34. The molecule has 0 aromatic carbocycles. The van der Waals surface area contributed by atoms with Crippen molar-refractivity contribution in [1.82, 2.24) is 5.43 Å². The van der Waals surface area contributed by atoms with Crippen LogP contribution in [0.4, 0.5) is 0 Å². The lowest BCUT2D eigenvalue weighted by Crippen LogP contribution is -2.33. The molecule has 1 rings (SSSR count). The fourth-order valence-corrected chi connectivity index (χ4v) is 3.65. The predicted octanol–water partition coefficient (Wildman–Crippen LogP) is 4.23. The van der Waals surface area contributed by atoms with E-state index < -0.39 is 0 Å². The van der Waals surface area contributed by atoms with E-state index in [-0.39, 0.29) is 6.04 Å². The Labute approximate surface area is 111 Å². The van der Waals surface area contributed by atoms with Crippen molar-refractivity contribution in [3.05, 3.63) is 20.8 Å². The summed E-state index contributed by atoms with van der Waals surface area (Å²) < 4.78 is 1.18. The van der Waals surface area contributed by atoms with Crippen molar-refractivity contribution in [1.29, 1.82) is 0 Å². The Kier molecular flexibility index (Phi) is 6.58. The number of halogens is 1. The fourth-order valence-electron chi connectivity index (χ4n) is 2.07. The second kappa shape index (κ2) is 7.43. The van der Waals surface area contributed by atoms with Gasteiger partial charge in [-0.1, -0.05) is 33.1 Å². The molecule has 0 spiro atoms. The number of hydrazine groups is 1. The van der Waals surface area contributed by atoms with Gasteiger partial charge in [0.05, 0.1) is 6.04 Å². The minimum absolute atomic E-state index is 0.275. The van der Waals surface area contributed by atoms with E-state index in [0.29, 0.717) is 5.92 Å². The molecular formula is C12H21BrN2S. The van der Waals surface area contributed by atoms with E-state index in [1.165, 1.54) is 29.3 Å². The van der Waals surface area contributed by atoms with Gasteiger partial charge in [-0.05, 0) is 39.2 Å². The number of unbranched alkanes of at least 4 members (excludes halogenated alkanes) is 1. The highest BCUT2D eigenvalue weighted by molar-refractivity contribution is 9.10. The first kappa shape index (κ1) is 14.2. The van der Waals surface area contributed by atoms with Crippen molar-refractivity contribution < 1.29 is 0 Å². The van der Waals surface area contributed by atoms with Gasteiger partial charge >= 0.3 is 0 Å². The van der Waals surface area contributed by atoms with Gasteiger partial charge in [0.2, 0.25) is 0 Å². The highest BCUT2D eigenvalue weighted by atomic mass is 79.9. The summed E-state index contributed by atoms with van der Waals surface area (Å²) in [7, 11) is 0. The van der Waals surface area contributed by atoms with Crippen molar-refractivity contribution in [3.8, 4) is 0 Å². The molecule has 0 amide bonds. The lowest BCUT2D eigenvalue weighted by atomic mass is 9.88. The third kappa shape index (κ3) is 3.55. The van der Waals surface area contributed by atoms with Gasteiger partial charge in [-0.15, -0.1) is 0 Å². The molecule has 2 unspecified atom stereocenters. The molecule has 16 heavy (non-hydrogen) atoms. The van der Waals surface area contributed by atoms with E-state index in [9.17, 15) is 0 Å². The maximum Gasteiger partial charge on any atom is 0.0507 e. The Bertz CT molecular complexity index is 301. The van der Waals surface area contributed by atoms with Crippen LogP contribution in [0, 0.1) is 5.92 Å². The molecule has 0 saturated carbocycles. The summed E-state index contributed by atoms with van der Waals surface area (Å²) in [6.07, 6.45) is 4.93. The summed E-state index contributed by atoms with van der Waals surface area (Å²) in [4.78, 5) is 0. The van der Waals surface area contributed by atoms with Crippen LogP contribution in [0.1, 0.15) is 51.1 Å². The molecular weight excluding hydrogens is 284 g/mol. The molecule has 0 bridgehead atoms. The molecule has 2 atom stereocenters. The molecule has 3 N–H and O–H groups in total. The van der Waals surface area contributed by atoms with Crippen molar-refractivity contribution in [2.45, 2.75) is 45.6 Å². The van der Waals surface area contributed by atoms with Crippen LogP contribution in [0.15, 0.2) is 15.2 Å². The molecule has 4 heteroatoms. The number of hydrogen-bond acceptors (Lipinski definition) is 3. The molecule has 2 nitrogen and oxygen atoms in total. The zero-order valence-corrected chi connectivity index (χ0v) is 12.4. The first-order valence-corrected chi connectivity index (χ1v) is 7.65. The first-order chi connectivity index (χ1) is 7.74. The molecule has 1 aromatic rings. The maximum absolute atomic E-state index is 5.71. The van der Waals surface area contributed by atoms with Crippen LogP contribution in [0.5, 0.6) is 0 Å². The van der Waals surface area contributed by atoms with Crippen molar-refractivity contribution >= 4 is 27.3 Å². The molecule has 0 aliphatic carbocycles. The third-order valence-electron chi connectivity index (χ3n) is 3.08. The lowest BCUT2D eigenvalue weighted by Gasteiger charge is -2.25. The normalized spacial score (nSPS) is 15.0. The largest absolute Gasteiger partial charge is 0.271 e. The van der Waals surface area contributed by atoms with Crippen LogP contribution < -0.4 is 11.3 Å². The molecule has 0 saturated heterocycles.